The first kappa shape index (κ1) is 19.3. The first-order valence-electron chi connectivity index (χ1n) is 7.96. The van der Waals surface area contributed by atoms with Gasteiger partial charge in [-0.2, -0.15) is 0 Å². The summed E-state index contributed by atoms with van der Waals surface area (Å²) in [7, 11) is 0. The molecule has 0 heterocycles. The smallest absolute Gasteiger partial charge is 0.306 e. The topological polar surface area (TPSA) is 58.9 Å². The second kappa shape index (κ2) is 9.44. The fourth-order valence-corrected chi connectivity index (χ4v) is 2.55. The van der Waals surface area contributed by atoms with Gasteiger partial charge in [0.1, 0.15) is 12.3 Å². The highest BCUT2D eigenvalue weighted by Crippen LogP contribution is 2.17. The van der Waals surface area contributed by atoms with E-state index < -0.39 is 11.9 Å². The van der Waals surface area contributed by atoms with Crippen molar-refractivity contribution in [3.8, 4) is 0 Å². The van der Waals surface area contributed by atoms with E-state index in [2.05, 4.69) is 5.16 Å². The summed E-state index contributed by atoms with van der Waals surface area (Å²) in [6.07, 6.45) is 0.966. The van der Waals surface area contributed by atoms with Gasteiger partial charge in [0.05, 0.1) is 5.92 Å². The van der Waals surface area contributed by atoms with E-state index in [0.717, 1.165) is 11.1 Å². The molecule has 0 aliphatic rings. The number of rotatable bonds is 8. The second-order valence-corrected chi connectivity index (χ2v) is 6.39. The average molecular weight is 380 g/mol. The van der Waals surface area contributed by atoms with E-state index in [-0.39, 0.29) is 6.61 Å². The number of halogens is 2. The Balaban J connectivity index is 2.18. The zero-order chi connectivity index (χ0) is 18.2. The Morgan fingerprint density at radius 2 is 1.52 bits per heavy atom. The lowest BCUT2D eigenvalue weighted by atomic mass is 10.0. The molecule has 0 aliphatic carbocycles. The Morgan fingerprint density at radius 1 is 1.04 bits per heavy atom. The summed E-state index contributed by atoms with van der Waals surface area (Å²) in [5.74, 6) is -1.24. The molecule has 0 fully saturated rings. The number of carbonyl (C=O) groups is 1. The number of nitrogens with zero attached hydrogens (tertiary/aromatic N) is 1. The highest BCUT2D eigenvalue weighted by Gasteiger charge is 2.15. The molecule has 0 saturated carbocycles. The normalized spacial score (nSPS) is 11.6. The Labute approximate surface area is 157 Å². The van der Waals surface area contributed by atoms with Crippen molar-refractivity contribution in [3.05, 3.63) is 69.7 Å². The maximum absolute atomic E-state index is 11.0. The van der Waals surface area contributed by atoms with Gasteiger partial charge in [0, 0.05) is 21.2 Å². The average Bonchev–Trinajstić information content (AvgIpc) is 2.60. The van der Waals surface area contributed by atoms with E-state index in [4.69, 9.17) is 33.1 Å². The number of hydrogen-bond acceptors (Lipinski definition) is 3. The molecule has 132 valence electrons. The van der Waals surface area contributed by atoms with E-state index in [0.29, 0.717) is 28.6 Å². The predicted octanol–water partition coefficient (Wildman–Crippen LogP) is 5.26. The Kier molecular flexibility index (Phi) is 7.29. The van der Waals surface area contributed by atoms with Crippen molar-refractivity contribution in [2.75, 3.05) is 6.61 Å². The van der Waals surface area contributed by atoms with Crippen LogP contribution in [-0.4, -0.2) is 23.4 Å². The molecule has 1 unspecified atom stereocenters. The number of oxime groups is 1. The molecule has 4 nitrogen and oxygen atoms in total. The van der Waals surface area contributed by atoms with Crippen molar-refractivity contribution in [1.82, 2.24) is 0 Å². The lowest BCUT2D eigenvalue weighted by molar-refractivity contribution is -0.142. The maximum Gasteiger partial charge on any atom is 0.306 e. The molecule has 1 N–H and O–H groups in total. The molecular formula is C19H19Cl2NO3. The first-order chi connectivity index (χ1) is 12.0. The van der Waals surface area contributed by atoms with Crippen LogP contribution in [0, 0.1) is 5.92 Å². The van der Waals surface area contributed by atoms with Crippen molar-refractivity contribution < 1.29 is 14.7 Å². The minimum Gasteiger partial charge on any atom is -0.481 e. The molecule has 0 amide bonds. The largest absolute Gasteiger partial charge is 0.481 e. The highest BCUT2D eigenvalue weighted by atomic mass is 35.5. The van der Waals surface area contributed by atoms with Crippen LogP contribution >= 0.6 is 23.2 Å². The molecule has 6 heteroatoms. The standard InChI is InChI=1S/C19H19Cl2NO3/c1-2-13(19(23)24)11-12-25-22-18(14-3-7-16(20)8-4-14)15-5-9-17(21)10-6-15/h3-10,13H,2,11-12H2,1H3,(H,23,24). The predicted molar refractivity (Wildman–Crippen MR) is 101 cm³/mol. The summed E-state index contributed by atoms with van der Waals surface area (Å²) in [5, 5.41) is 14.6. The molecule has 1 atom stereocenters. The third kappa shape index (κ3) is 5.76. The first-order valence-corrected chi connectivity index (χ1v) is 8.71. The molecule has 0 bridgehead atoms. The lowest BCUT2D eigenvalue weighted by Crippen LogP contribution is -2.14. The molecule has 0 spiro atoms. The number of carboxylic acids is 1. The zero-order valence-electron chi connectivity index (χ0n) is 13.8. The summed E-state index contributed by atoms with van der Waals surface area (Å²) < 4.78 is 0. The van der Waals surface area contributed by atoms with Gasteiger partial charge in [-0.1, -0.05) is 59.5 Å². The minimum atomic E-state index is -0.814. The van der Waals surface area contributed by atoms with E-state index in [1.54, 1.807) is 24.3 Å². The van der Waals surface area contributed by atoms with Crippen LogP contribution in [0.15, 0.2) is 53.7 Å². The van der Waals surface area contributed by atoms with Gasteiger partial charge in [0.15, 0.2) is 0 Å². The SMILES string of the molecule is CCC(CCON=C(c1ccc(Cl)cc1)c1ccc(Cl)cc1)C(=O)O. The summed E-state index contributed by atoms with van der Waals surface area (Å²) in [4.78, 5) is 16.5. The van der Waals surface area contributed by atoms with Gasteiger partial charge in [-0.25, -0.2) is 0 Å². The highest BCUT2D eigenvalue weighted by molar-refractivity contribution is 6.31. The van der Waals surface area contributed by atoms with Crippen LogP contribution in [0.3, 0.4) is 0 Å². The Hall–Kier alpha value is -2.04. The van der Waals surface area contributed by atoms with Crippen LogP contribution in [0.25, 0.3) is 0 Å². The number of benzene rings is 2. The third-order valence-corrected chi connectivity index (χ3v) is 4.29. The molecule has 0 aromatic heterocycles. The van der Waals surface area contributed by atoms with Crippen LogP contribution in [0.4, 0.5) is 0 Å². The molecule has 25 heavy (non-hydrogen) atoms. The summed E-state index contributed by atoms with van der Waals surface area (Å²) in [6, 6.07) is 14.5. The fraction of sp³-hybridized carbons (Fsp3) is 0.263. The lowest BCUT2D eigenvalue weighted by Gasteiger charge is -2.10. The molecule has 2 aromatic rings. The molecular weight excluding hydrogens is 361 g/mol. The molecule has 0 saturated heterocycles. The van der Waals surface area contributed by atoms with E-state index in [9.17, 15) is 4.79 Å². The molecule has 2 rings (SSSR count). The quantitative estimate of drug-likeness (QED) is 0.386. The van der Waals surface area contributed by atoms with Gasteiger partial charge in [0.2, 0.25) is 0 Å². The Morgan fingerprint density at radius 3 is 1.92 bits per heavy atom. The Bertz CT molecular complexity index is 680. The van der Waals surface area contributed by atoms with Gasteiger partial charge >= 0.3 is 5.97 Å². The summed E-state index contributed by atoms with van der Waals surface area (Å²) in [6.45, 7) is 2.07. The minimum absolute atomic E-state index is 0.232. The zero-order valence-corrected chi connectivity index (χ0v) is 15.3. The van der Waals surface area contributed by atoms with Gasteiger partial charge in [-0.05, 0) is 37.1 Å². The van der Waals surface area contributed by atoms with Crippen molar-refractivity contribution in [3.63, 3.8) is 0 Å². The van der Waals surface area contributed by atoms with Gasteiger partial charge in [-0.3, -0.25) is 4.79 Å². The number of aliphatic carboxylic acids is 1. The third-order valence-electron chi connectivity index (χ3n) is 3.79. The van der Waals surface area contributed by atoms with Crippen molar-refractivity contribution in [2.24, 2.45) is 11.1 Å². The summed E-state index contributed by atoms with van der Waals surface area (Å²) >= 11 is 11.9. The monoisotopic (exact) mass is 379 g/mol. The maximum atomic E-state index is 11.0. The van der Waals surface area contributed by atoms with E-state index in [1.807, 2.05) is 31.2 Å². The molecule has 2 aromatic carbocycles. The van der Waals surface area contributed by atoms with Crippen LogP contribution in [0.1, 0.15) is 30.9 Å². The van der Waals surface area contributed by atoms with Crippen LogP contribution < -0.4 is 0 Å². The molecule has 0 aliphatic heterocycles. The van der Waals surface area contributed by atoms with Crippen LogP contribution in [0.2, 0.25) is 10.0 Å². The number of carboxylic acid groups (broad SMARTS) is 1. The van der Waals surface area contributed by atoms with E-state index >= 15 is 0 Å². The van der Waals surface area contributed by atoms with Gasteiger partial charge in [0.25, 0.3) is 0 Å². The molecule has 0 radical (unpaired) electrons. The van der Waals surface area contributed by atoms with Crippen LogP contribution in [0.5, 0.6) is 0 Å². The van der Waals surface area contributed by atoms with E-state index in [1.165, 1.54) is 0 Å². The summed E-state index contributed by atoms with van der Waals surface area (Å²) in [5.41, 5.74) is 2.32. The number of hydrogen-bond donors (Lipinski definition) is 1. The van der Waals surface area contributed by atoms with Gasteiger partial charge < -0.3 is 9.94 Å². The van der Waals surface area contributed by atoms with Crippen molar-refractivity contribution in [1.29, 1.82) is 0 Å². The van der Waals surface area contributed by atoms with Gasteiger partial charge in [-0.15, -0.1) is 0 Å². The van der Waals surface area contributed by atoms with Crippen molar-refractivity contribution in [2.45, 2.75) is 19.8 Å². The fourth-order valence-electron chi connectivity index (χ4n) is 2.29. The second-order valence-electron chi connectivity index (χ2n) is 5.52. The van der Waals surface area contributed by atoms with Crippen LogP contribution in [-0.2, 0) is 9.63 Å². The van der Waals surface area contributed by atoms with Crippen molar-refractivity contribution >= 4 is 34.9 Å².